The molecule has 0 aliphatic carbocycles. The van der Waals surface area contributed by atoms with E-state index in [2.05, 4.69) is 9.97 Å². The Morgan fingerprint density at radius 1 is 1.47 bits per heavy atom. The average molecular weight is 237 g/mol. The quantitative estimate of drug-likeness (QED) is 0.813. The van der Waals surface area contributed by atoms with Gasteiger partial charge in [0.1, 0.15) is 12.1 Å². The number of hydrogen-bond donors (Lipinski definition) is 1. The summed E-state index contributed by atoms with van der Waals surface area (Å²) in [5.74, 6) is -0.393. The zero-order valence-electron chi connectivity index (χ0n) is 10.6. The molecule has 1 unspecified atom stereocenters. The van der Waals surface area contributed by atoms with Gasteiger partial charge in [-0.1, -0.05) is 13.8 Å². The lowest BCUT2D eigenvalue weighted by Crippen LogP contribution is -2.32. The van der Waals surface area contributed by atoms with Crippen LogP contribution in [-0.4, -0.2) is 34.1 Å². The lowest BCUT2D eigenvalue weighted by Gasteiger charge is -2.23. The molecule has 17 heavy (non-hydrogen) atoms. The number of nitrogens with zero attached hydrogens (tertiary/aromatic N) is 3. The molecule has 94 valence electrons. The highest BCUT2D eigenvalue weighted by atomic mass is 16.4. The molecule has 1 rings (SSSR count). The lowest BCUT2D eigenvalue weighted by molar-refractivity contribution is -0.140. The number of rotatable bonds is 6. The number of aliphatic carboxylic acids is 1. The first kappa shape index (κ1) is 13.4. The predicted octanol–water partition coefficient (Wildman–Crippen LogP) is 1.59. The summed E-state index contributed by atoms with van der Waals surface area (Å²) >= 11 is 0. The fourth-order valence-electron chi connectivity index (χ4n) is 1.55. The van der Waals surface area contributed by atoms with Gasteiger partial charge in [-0.15, -0.1) is 0 Å². The standard InChI is InChI=1S/C12H19N3O2/c1-4-10-6-11(14-8-13-10)15(5-2)7-9(3)12(16)17/h6,8-9H,4-5,7H2,1-3H3,(H,16,17). The molecule has 0 spiro atoms. The average Bonchev–Trinajstić information content (AvgIpc) is 2.35. The summed E-state index contributed by atoms with van der Waals surface area (Å²) in [4.78, 5) is 21.1. The fraction of sp³-hybridized carbons (Fsp3) is 0.583. The van der Waals surface area contributed by atoms with E-state index in [1.165, 1.54) is 6.33 Å². The van der Waals surface area contributed by atoms with E-state index >= 15 is 0 Å². The number of carboxylic acid groups (broad SMARTS) is 1. The van der Waals surface area contributed by atoms with Gasteiger partial charge in [0, 0.05) is 24.8 Å². The van der Waals surface area contributed by atoms with Gasteiger partial charge in [-0.05, 0) is 13.3 Å². The van der Waals surface area contributed by atoms with Gasteiger partial charge in [-0.3, -0.25) is 4.79 Å². The predicted molar refractivity (Wildman–Crippen MR) is 66.1 cm³/mol. The molecule has 0 amide bonds. The van der Waals surface area contributed by atoms with Crippen molar-refractivity contribution in [1.29, 1.82) is 0 Å². The summed E-state index contributed by atoms with van der Waals surface area (Å²) in [6.07, 6.45) is 2.38. The number of carbonyl (C=O) groups is 1. The summed E-state index contributed by atoms with van der Waals surface area (Å²) in [6.45, 7) is 6.92. The molecule has 0 saturated carbocycles. The summed E-state index contributed by atoms with van der Waals surface area (Å²) in [5, 5.41) is 8.91. The van der Waals surface area contributed by atoms with Crippen LogP contribution in [0.2, 0.25) is 0 Å². The normalized spacial score (nSPS) is 12.2. The Kier molecular flexibility index (Phi) is 4.87. The maximum atomic E-state index is 10.8. The molecule has 1 atom stereocenters. The van der Waals surface area contributed by atoms with Crippen LogP contribution in [0.4, 0.5) is 5.82 Å². The van der Waals surface area contributed by atoms with Crippen molar-refractivity contribution in [2.24, 2.45) is 5.92 Å². The largest absolute Gasteiger partial charge is 0.481 e. The van der Waals surface area contributed by atoms with Crippen LogP contribution in [0.5, 0.6) is 0 Å². The number of aromatic nitrogens is 2. The van der Waals surface area contributed by atoms with E-state index in [0.29, 0.717) is 6.54 Å². The van der Waals surface area contributed by atoms with Crippen molar-refractivity contribution in [3.05, 3.63) is 18.1 Å². The minimum atomic E-state index is -0.784. The molecule has 1 heterocycles. The Balaban J connectivity index is 2.82. The van der Waals surface area contributed by atoms with E-state index in [1.807, 2.05) is 24.8 Å². The highest BCUT2D eigenvalue weighted by molar-refractivity contribution is 5.70. The van der Waals surface area contributed by atoms with Crippen LogP contribution in [0, 0.1) is 5.92 Å². The number of anilines is 1. The van der Waals surface area contributed by atoms with Crippen LogP contribution in [0.1, 0.15) is 26.5 Å². The van der Waals surface area contributed by atoms with Crippen LogP contribution in [0.3, 0.4) is 0 Å². The van der Waals surface area contributed by atoms with E-state index in [9.17, 15) is 4.79 Å². The number of carboxylic acids is 1. The minimum Gasteiger partial charge on any atom is -0.481 e. The molecule has 0 saturated heterocycles. The van der Waals surface area contributed by atoms with E-state index in [0.717, 1.165) is 24.5 Å². The SMILES string of the molecule is CCc1cc(N(CC)CC(C)C(=O)O)ncn1. The first-order valence-corrected chi connectivity index (χ1v) is 5.87. The van der Waals surface area contributed by atoms with Gasteiger partial charge < -0.3 is 10.0 Å². The Morgan fingerprint density at radius 2 is 2.18 bits per heavy atom. The summed E-state index contributed by atoms with van der Waals surface area (Å²) in [5.41, 5.74) is 0.969. The smallest absolute Gasteiger partial charge is 0.308 e. The third-order valence-electron chi connectivity index (χ3n) is 2.69. The van der Waals surface area contributed by atoms with Gasteiger partial charge in [-0.2, -0.15) is 0 Å². The van der Waals surface area contributed by atoms with Crippen LogP contribution in [-0.2, 0) is 11.2 Å². The molecule has 0 aliphatic rings. The Hall–Kier alpha value is -1.65. The van der Waals surface area contributed by atoms with Crippen LogP contribution < -0.4 is 4.90 Å². The Bertz CT molecular complexity index is 382. The molecule has 0 aliphatic heterocycles. The molecule has 0 fully saturated rings. The topological polar surface area (TPSA) is 66.3 Å². The molecule has 0 bridgehead atoms. The molecular weight excluding hydrogens is 218 g/mol. The molecule has 1 aromatic heterocycles. The maximum Gasteiger partial charge on any atom is 0.308 e. The zero-order chi connectivity index (χ0) is 12.8. The van der Waals surface area contributed by atoms with Crippen molar-refractivity contribution in [3.8, 4) is 0 Å². The first-order chi connectivity index (χ1) is 8.08. The number of aryl methyl sites for hydroxylation is 1. The van der Waals surface area contributed by atoms with Gasteiger partial charge in [0.2, 0.25) is 0 Å². The summed E-state index contributed by atoms with van der Waals surface area (Å²) in [6, 6.07) is 1.91. The molecule has 0 aromatic carbocycles. The molecule has 1 aromatic rings. The second-order valence-electron chi connectivity index (χ2n) is 4.00. The molecule has 1 N–H and O–H groups in total. The molecule has 5 heteroatoms. The van der Waals surface area contributed by atoms with E-state index in [1.54, 1.807) is 6.92 Å². The second kappa shape index (κ2) is 6.18. The minimum absolute atomic E-state index is 0.407. The van der Waals surface area contributed by atoms with Crippen molar-refractivity contribution in [1.82, 2.24) is 9.97 Å². The fourth-order valence-corrected chi connectivity index (χ4v) is 1.55. The van der Waals surface area contributed by atoms with E-state index in [-0.39, 0.29) is 0 Å². The van der Waals surface area contributed by atoms with Gasteiger partial charge in [0.25, 0.3) is 0 Å². The van der Waals surface area contributed by atoms with Crippen molar-refractivity contribution in [2.45, 2.75) is 27.2 Å². The Morgan fingerprint density at radius 3 is 2.71 bits per heavy atom. The summed E-state index contributed by atoms with van der Waals surface area (Å²) in [7, 11) is 0. The zero-order valence-corrected chi connectivity index (χ0v) is 10.6. The number of hydrogen-bond acceptors (Lipinski definition) is 4. The molecule has 0 radical (unpaired) electrons. The van der Waals surface area contributed by atoms with Gasteiger partial charge in [0.05, 0.1) is 5.92 Å². The van der Waals surface area contributed by atoms with Crippen molar-refractivity contribution in [2.75, 3.05) is 18.0 Å². The highest BCUT2D eigenvalue weighted by Crippen LogP contribution is 2.13. The third-order valence-corrected chi connectivity index (χ3v) is 2.69. The van der Waals surface area contributed by atoms with E-state index in [4.69, 9.17) is 5.11 Å². The van der Waals surface area contributed by atoms with Crippen molar-refractivity contribution in [3.63, 3.8) is 0 Å². The van der Waals surface area contributed by atoms with Crippen LogP contribution in [0.15, 0.2) is 12.4 Å². The highest BCUT2D eigenvalue weighted by Gasteiger charge is 2.16. The third kappa shape index (κ3) is 3.69. The van der Waals surface area contributed by atoms with Gasteiger partial charge in [-0.25, -0.2) is 9.97 Å². The molecular formula is C12H19N3O2. The summed E-state index contributed by atoms with van der Waals surface area (Å²) < 4.78 is 0. The van der Waals surface area contributed by atoms with Crippen molar-refractivity contribution < 1.29 is 9.90 Å². The molecule has 5 nitrogen and oxygen atoms in total. The Labute approximate surface area is 102 Å². The van der Waals surface area contributed by atoms with Crippen LogP contribution in [0.25, 0.3) is 0 Å². The van der Waals surface area contributed by atoms with E-state index < -0.39 is 11.9 Å². The van der Waals surface area contributed by atoms with Gasteiger partial charge >= 0.3 is 5.97 Å². The first-order valence-electron chi connectivity index (χ1n) is 5.87. The van der Waals surface area contributed by atoms with Crippen LogP contribution >= 0.6 is 0 Å². The second-order valence-corrected chi connectivity index (χ2v) is 4.00. The maximum absolute atomic E-state index is 10.8. The monoisotopic (exact) mass is 237 g/mol. The van der Waals surface area contributed by atoms with Gasteiger partial charge in [0.15, 0.2) is 0 Å². The lowest BCUT2D eigenvalue weighted by atomic mass is 10.1. The van der Waals surface area contributed by atoms with Crippen molar-refractivity contribution >= 4 is 11.8 Å².